The molecule has 3 heteroatoms. The van der Waals surface area contributed by atoms with Crippen molar-refractivity contribution < 1.29 is 4.79 Å². The highest BCUT2D eigenvalue weighted by Crippen LogP contribution is 2.25. The Labute approximate surface area is 131 Å². The van der Waals surface area contributed by atoms with Gasteiger partial charge in [-0.25, -0.2) is 0 Å². The molecular formula is C17H26BrNO. The Hall–Kier alpha value is -0.830. The molecule has 0 bridgehead atoms. The van der Waals surface area contributed by atoms with E-state index in [4.69, 9.17) is 0 Å². The molecule has 1 N–H and O–H groups in total. The highest BCUT2D eigenvalue weighted by molar-refractivity contribution is 9.09. The molecule has 0 aliphatic heterocycles. The van der Waals surface area contributed by atoms with Gasteiger partial charge in [-0.2, -0.15) is 0 Å². The van der Waals surface area contributed by atoms with E-state index in [0.717, 1.165) is 23.7 Å². The average molecular weight is 340 g/mol. The van der Waals surface area contributed by atoms with E-state index in [1.165, 1.54) is 0 Å². The van der Waals surface area contributed by atoms with Crippen molar-refractivity contribution in [2.24, 2.45) is 5.41 Å². The fourth-order valence-corrected chi connectivity index (χ4v) is 2.82. The summed E-state index contributed by atoms with van der Waals surface area (Å²) in [6, 6.07) is 10.2. The Bertz CT molecular complexity index is 411. The number of carbonyl (C=O) groups excluding carboxylic acids is 1. The summed E-state index contributed by atoms with van der Waals surface area (Å²) in [5, 5.41) is 4.14. The molecule has 0 aliphatic carbocycles. The lowest BCUT2D eigenvalue weighted by molar-refractivity contribution is -0.124. The summed E-state index contributed by atoms with van der Waals surface area (Å²) in [5.74, 6) is 0.0796. The van der Waals surface area contributed by atoms with Gasteiger partial charge in [0, 0.05) is 11.4 Å². The van der Waals surface area contributed by atoms with Crippen molar-refractivity contribution in [2.75, 3.05) is 5.33 Å². The summed E-state index contributed by atoms with van der Waals surface area (Å²) in [5.41, 5.74) is 1.16. The van der Waals surface area contributed by atoms with Crippen molar-refractivity contribution >= 4 is 21.8 Å². The van der Waals surface area contributed by atoms with E-state index >= 15 is 0 Å². The van der Waals surface area contributed by atoms with Crippen LogP contribution >= 0.6 is 15.9 Å². The highest BCUT2D eigenvalue weighted by Gasteiger charge is 2.28. The zero-order chi connectivity index (χ0) is 15.2. The fourth-order valence-electron chi connectivity index (χ4n) is 2.36. The van der Waals surface area contributed by atoms with E-state index < -0.39 is 0 Å². The molecule has 1 aromatic carbocycles. The number of carbonyl (C=O) groups is 1. The molecule has 2 unspecified atom stereocenters. The molecule has 0 spiro atoms. The van der Waals surface area contributed by atoms with Gasteiger partial charge < -0.3 is 5.32 Å². The Kier molecular flexibility index (Phi) is 6.74. The minimum Gasteiger partial charge on any atom is -0.352 e. The maximum Gasteiger partial charge on any atom is 0.227 e. The number of benzene rings is 1. The molecule has 0 saturated carbocycles. The van der Waals surface area contributed by atoms with Gasteiger partial charge in [-0.1, -0.05) is 74.0 Å². The van der Waals surface area contributed by atoms with Crippen LogP contribution in [-0.2, 0) is 4.79 Å². The maximum atomic E-state index is 12.6. The molecule has 1 amide bonds. The third kappa shape index (κ3) is 4.93. The van der Waals surface area contributed by atoms with Crippen molar-refractivity contribution in [3.63, 3.8) is 0 Å². The van der Waals surface area contributed by atoms with Gasteiger partial charge >= 0.3 is 0 Å². The molecule has 2 atom stereocenters. The van der Waals surface area contributed by atoms with Gasteiger partial charge in [-0.05, 0) is 23.8 Å². The average Bonchev–Trinajstić information content (AvgIpc) is 2.39. The van der Waals surface area contributed by atoms with Crippen LogP contribution in [0.2, 0.25) is 0 Å². The molecule has 0 heterocycles. The van der Waals surface area contributed by atoms with Gasteiger partial charge in [0.1, 0.15) is 0 Å². The number of halogens is 1. The van der Waals surface area contributed by atoms with Crippen molar-refractivity contribution in [2.45, 2.75) is 52.5 Å². The number of amides is 1. The van der Waals surface area contributed by atoms with Crippen LogP contribution in [0.5, 0.6) is 0 Å². The smallest absolute Gasteiger partial charge is 0.227 e. The first-order valence-corrected chi connectivity index (χ1v) is 8.43. The van der Waals surface area contributed by atoms with Crippen LogP contribution in [-0.4, -0.2) is 17.3 Å². The van der Waals surface area contributed by atoms with Crippen molar-refractivity contribution in [3.8, 4) is 0 Å². The van der Waals surface area contributed by atoms with Crippen LogP contribution < -0.4 is 5.32 Å². The molecule has 0 aromatic heterocycles. The third-order valence-corrected chi connectivity index (χ3v) is 4.14. The van der Waals surface area contributed by atoms with Crippen LogP contribution in [0, 0.1) is 5.41 Å². The predicted molar refractivity (Wildman–Crippen MR) is 89.3 cm³/mol. The number of alkyl halides is 1. The summed E-state index contributed by atoms with van der Waals surface area (Å²) in [6.07, 6.45) is 1.77. The lowest BCUT2D eigenvalue weighted by Crippen LogP contribution is -2.45. The standard InChI is InChI=1S/C17H26BrNO/c1-5-14(13-9-7-6-8-10-13)16(20)19-15(11-12-18)17(2,3)4/h6-10,14-15H,5,11-12H2,1-4H3,(H,19,20). The minimum absolute atomic E-state index is 0.0589. The number of hydrogen-bond acceptors (Lipinski definition) is 1. The van der Waals surface area contributed by atoms with Crippen LogP contribution in [0.4, 0.5) is 0 Å². The van der Waals surface area contributed by atoms with Gasteiger partial charge in [-0.3, -0.25) is 4.79 Å². The first-order chi connectivity index (χ1) is 9.40. The number of nitrogens with one attached hydrogen (secondary N) is 1. The molecular weight excluding hydrogens is 314 g/mol. The van der Waals surface area contributed by atoms with E-state index in [2.05, 4.69) is 48.9 Å². The lowest BCUT2D eigenvalue weighted by Gasteiger charge is -2.32. The minimum atomic E-state index is -0.0589. The summed E-state index contributed by atoms with van der Waals surface area (Å²) < 4.78 is 0. The van der Waals surface area contributed by atoms with Gasteiger partial charge in [0.05, 0.1) is 5.92 Å². The summed E-state index contributed by atoms with van der Waals surface area (Å²) in [6.45, 7) is 8.58. The summed E-state index contributed by atoms with van der Waals surface area (Å²) >= 11 is 3.48. The van der Waals surface area contributed by atoms with Crippen LogP contribution in [0.15, 0.2) is 30.3 Å². The monoisotopic (exact) mass is 339 g/mol. The van der Waals surface area contributed by atoms with Gasteiger partial charge in [-0.15, -0.1) is 0 Å². The Morgan fingerprint density at radius 3 is 2.30 bits per heavy atom. The van der Waals surface area contributed by atoms with Gasteiger partial charge in [0.2, 0.25) is 5.91 Å². The molecule has 1 aromatic rings. The predicted octanol–water partition coefficient (Wildman–Crippen LogP) is 4.50. The van der Waals surface area contributed by atoms with Gasteiger partial charge in [0.25, 0.3) is 0 Å². The quantitative estimate of drug-likeness (QED) is 0.759. The van der Waals surface area contributed by atoms with E-state index in [1.54, 1.807) is 0 Å². The normalized spacial score (nSPS) is 14.7. The second-order valence-corrected chi connectivity index (χ2v) is 7.07. The van der Waals surface area contributed by atoms with Gasteiger partial charge in [0.15, 0.2) is 0 Å². The van der Waals surface area contributed by atoms with Crippen molar-refractivity contribution in [3.05, 3.63) is 35.9 Å². The largest absolute Gasteiger partial charge is 0.352 e. The first-order valence-electron chi connectivity index (χ1n) is 7.31. The molecule has 112 valence electrons. The molecule has 0 fully saturated rings. The maximum absolute atomic E-state index is 12.6. The van der Waals surface area contributed by atoms with E-state index in [9.17, 15) is 4.79 Å². The Morgan fingerprint density at radius 2 is 1.85 bits per heavy atom. The van der Waals surface area contributed by atoms with Crippen LogP contribution in [0.3, 0.4) is 0 Å². The second-order valence-electron chi connectivity index (χ2n) is 6.28. The van der Waals surface area contributed by atoms with Crippen molar-refractivity contribution in [1.29, 1.82) is 0 Å². The topological polar surface area (TPSA) is 29.1 Å². The summed E-state index contributed by atoms with van der Waals surface area (Å²) in [4.78, 5) is 12.6. The zero-order valence-electron chi connectivity index (χ0n) is 12.9. The second kappa shape index (κ2) is 7.82. The Morgan fingerprint density at radius 1 is 1.25 bits per heavy atom. The molecule has 0 radical (unpaired) electrons. The first kappa shape index (κ1) is 17.2. The van der Waals surface area contributed by atoms with E-state index in [-0.39, 0.29) is 23.3 Å². The molecule has 0 aliphatic rings. The van der Waals surface area contributed by atoms with Crippen LogP contribution in [0.1, 0.15) is 52.0 Å². The zero-order valence-corrected chi connectivity index (χ0v) is 14.5. The van der Waals surface area contributed by atoms with E-state index in [0.29, 0.717) is 0 Å². The molecule has 1 rings (SSSR count). The number of rotatable bonds is 6. The number of hydrogen-bond donors (Lipinski definition) is 1. The molecule has 0 saturated heterocycles. The van der Waals surface area contributed by atoms with E-state index in [1.807, 2.05) is 30.3 Å². The Balaban J connectivity index is 2.81. The summed E-state index contributed by atoms with van der Waals surface area (Å²) in [7, 11) is 0. The lowest BCUT2D eigenvalue weighted by atomic mass is 9.84. The third-order valence-electron chi connectivity index (χ3n) is 3.69. The SMILES string of the molecule is CCC(C(=O)NC(CCBr)C(C)(C)C)c1ccccc1. The highest BCUT2D eigenvalue weighted by atomic mass is 79.9. The molecule has 2 nitrogen and oxygen atoms in total. The van der Waals surface area contributed by atoms with Crippen LogP contribution in [0.25, 0.3) is 0 Å². The fraction of sp³-hybridized carbons (Fsp3) is 0.588. The molecule has 20 heavy (non-hydrogen) atoms. The van der Waals surface area contributed by atoms with Crippen molar-refractivity contribution in [1.82, 2.24) is 5.32 Å².